The van der Waals surface area contributed by atoms with Gasteiger partial charge in [-0.1, -0.05) is 28.1 Å². The van der Waals surface area contributed by atoms with Crippen LogP contribution in [0.25, 0.3) is 6.08 Å². The lowest BCUT2D eigenvalue weighted by Gasteiger charge is -2.20. The van der Waals surface area contributed by atoms with Crippen LogP contribution in [0.4, 0.5) is 0 Å². The number of hydrogen-bond acceptors (Lipinski definition) is 3. The topological polar surface area (TPSA) is 64.4 Å². The quantitative estimate of drug-likeness (QED) is 0.762. The summed E-state index contributed by atoms with van der Waals surface area (Å²) in [6.07, 6.45) is 3.99. The Morgan fingerprint density at radius 2 is 1.78 bits per heavy atom. The van der Waals surface area contributed by atoms with Gasteiger partial charge in [0.1, 0.15) is 6.42 Å². The minimum Gasteiger partial charge on any atom is -0.340 e. The highest BCUT2D eigenvalue weighted by Gasteiger charge is 2.20. The van der Waals surface area contributed by atoms with Crippen molar-refractivity contribution in [2.24, 2.45) is 0 Å². The van der Waals surface area contributed by atoms with Crippen molar-refractivity contribution in [1.29, 1.82) is 5.26 Å². The van der Waals surface area contributed by atoms with Crippen molar-refractivity contribution in [3.63, 3.8) is 0 Å². The van der Waals surface area contributed by atoms with Gasteiger partial charge in [-0.15, -0.1) is 0 Å². The molecule has 1 heterocycles. The number of halogens is 1. The molecule has 1 saturated heterocycles. The van der Waals surface area contributed by atoms with Crippen LogP contribution in [0.5, 0.6) is 0 Å². The van der Waals surface area contributed by atoms with Crippen LogP contribution in [0.1, 0.15) is 18.4 Å². The van der Waals surface area contributed by atoms with Gasteiger partial charge in [0.2, 0.25) is 11.8 Å². The third-order valence-electron chi connectivity index (χ3n) is 3.68. The SMILES string of the molecule is N#CCC(=O)N1CCCN(C(=O)/C=C/c2ccc(Br)cc2)CC1. The zero-order valence-corrected chi connectivity index (χ0v) is 14.3. The van der Waals surface area contributed by atoms with E-state index in [0.717, 1.165) is 16.5 Å². The van der Waals surface area contributed by atoms with E-state index in [1.807, 2.05) is 30.3 Å². The molecule has 0 unspecified atom stereocenters. The summed E-state index contributed by atoms with van der Waals surface area (Å²) < 4.78 is 0.996. The van der Waals surface area contributed by atoms with E-state index in [1.54, 1.807) is 22.0 Å². The molecule has 0 spiro atoms. The van der Waals surface area contributed by atoms with E-state index < -0.39 is 0 Å². The van der Waals surface area contributed by atoms with Crippen LogP contribution in [0.15, 0.2) is 34.8 Å². The third kappa shape index (κ3) is 5.22. The molecule has 1 fully saturated rings. The Hall–Kier alpha value is -2.13. The van der Waals surface area contributed by atoms with Gasteiger partial charge in [-0.05, 0) is 30.2 Å². The van der Waals surface area contributed by atoms with Crippen LogP contribution >= 0.6 is 15.9 Å². The Bertz CT molecular complexity index is 634. The van der Waals surface area contributed by atoms with Gasteiger partial charge in [0.05, 0.1) is 6.07 Å². The maximum Gasteiger partial charge on any atom is 0.246 e. The van der Waals surface area contributed by atoms with Crippen LogP contribution in [0.2, 0.25) is 0 Å². The summed E-state index contributed by atoms with van der Waals surface area (Å²) in [6, 6.07) is 9.58. The summed E-state index contributed by atoms with van der Waals surface area (Å²) in [5, 5.41) is 8.60. The molecule has 5 nitrogen and oxygen atoms in total. The highest BCUT2D eigenvalue weighted by molar-refractivity contribution is 9.10. The van der Waals surface area contributed by atoms with Crippen molar-refractivity contribution in [2.45, 2.75) is 12.8 Å². The number of nitriles is 1. The Kier molecular flexibility index (Phi) is 6.36. The first kappa shape index (κ1) is 17.2. The summed E-state index contributed by atoms with van der Waals surface area (Å²) in [5.74, 6) is -0.213. The van der Waals surface area contributed by atoms with Gasteiger partial charge < -0.3 is 9.80 Å². The molecule has 0 bridgehead atoms. The lowest BCUT2D eigenvalue weighted by molar-refractivity contribution is -0.131. The molecule has 0 aliphatic carbocycles. The predicted octanol–water partition coefficient (Wildman–Crippen LogP) is 2.44. The van der Waals surface area contributed by atoms with E-state index in [2.05, 4.69) is 15.9 Å². The van der Waals surface area contributed by atoms with Crippen LogP contribution < -0.4 is 0 Å². The van der Waals surface area contributed by atoms with Gasteiger partial charge in [0.25, 0.3) is 0 Å². The normalized spacial score (nSPS) is 15.3. The monoisotopic (exact) mass is 375 g/mol. The fourth-order valence-corrected chi connectivity index (χ4v) is 2.68. The number of rotatable bonds is 3. The molecule has 1 aromatic carbocycles. The fraction of sp³-hybridized carbons (Fsp3) is 0.353. The number of nitrogens with zero attached hydrogens (tertiary/aromatic N) is 3. The van der Waals surface area contributed by atoms with Crippen LogP contribution in [-0.4, -0.2) is 47.8 Å². The average Bonchev–Trinajstić information content (AvgIpc) is 2.80. The molecule has 1 aliphatic rings. The Morgan fingerprint density at radius 1 is 1.13 bits per heavy atom. The van der Waals surface area contributed by atoms with Gasteiger partial charge >= 0.3 is 0 Å². The molecule has 2 rings (SSSR count). The van der Waals surface area contributed by atoms with E-state index in [9.17, 15) is 9.59 Å². The minimum absolute atomic E-state index is 0.0532. The van der Waals surface area contributed by atoms with E-state index in [-0.39, 0.29) is 18.2 Å². The summed E-state index contributed by atoms with van der Waals surface area (Å²) in [4.78, 5) is 27.4. The molecular formula is C17H18BrN3O2. The van der Waals surface area contributed by atoms with Crippen LogP contribution in [0, 0.1) is 11.3 Å². The lowest BCUT2D eigenvalue weighted by Crippen LogP contribution is -2.36. The molecule has 120 valence electrons. The molecule has 1 aliphatic heterocycles. The zero-order valence-electron chi connectivity index (χ0n) is 12.7. The van der Waals surface area contributed by atoms with Crippen molar-refractivity contribution < 1.29 is 9.59 Å². The second-order valence-corrected chi connectivity index (χ2v) is 6.20. The first-order valence-corrected chi connectivity index (χ1v) is 8.27. The van der Waals surface area contributed by atoms with Crippen molar-refractivity contribution >= 4 is 33.8 Å². The fourth-order valence-electron chi connectivity index (χ4n) is 2.41. The summed E-state index contributed by atoms with van der Waals surface area (Å²) in [5.41, 5.74) is 0.960. The second kappa shape index (κ2) is 8.49. The molecule has 0 radical (unpaired) electrons. The molecular weight excluding hydrogens is 358 g/mol. The molecule has 1 aromatic rings. The molecule has 0 N–H and O–H groups in total. The number of amides is 2. The Labute approximate surface area is 144 Å². The van der Waals surface area contributed by atoms with Gasteiger partial charge in [0, 0.05) is 36.7 Å². The number of carbonyl (C=O) groups is 2. The van der Waals surface area contributed by atoms with Crippen molar-refractivity contribution in [3.05, 3.63) is 40.4 Å². The molecule has 2 amide bonds. The van der Waals surface area contributed by atoms with Crippen molar-refractivity contribution in [2.75, 3.05) is 26.2 Å². The highest BCUT2D eigenvalue weighted by Crippen LogP contribution is 2.12. The Morgan fingerprint density at radius 3 is 2.48 bits per heavy atom. The maximum absolute atomic E-state index is 12.3. The van der Waals surface area contributed by atoms with Crippen molar-refractivity contribution in [3.8, 4) is 6.07 Å². The van der Waals surface area contributed by atoms with Gasteiger partial charge in [-0.2, -0.15) is 5.26 Å². The average molecular weight is 376 g/mol. The smallest absolute Gasteiger partial charge is 0.246 e. The third-order valence-corrected chi connectivity index (χ3v) is 4.21. The summed E-state index contributed by atoms with van der Waals surface area (Å²) >= 11 is 3.37. The standard InChI is InChI=1S/C17H18BrN3O2/c18-15-5-2-14(3-6-15)4-7-16(22)20-10-1-11-21(13-12-20)17(23)8-9-19/h2-7H,1,8,10-13H2/b7-4+. The van der Waals surface area contributed by atoms with E-state index in [1.165, 1.54) is 0 Å². The van der Waals surface area contributed by atoms with Crippen LogP contribution in [-0.2, 0) is 9.59 Å². The largest absolute Gasteiger partial charge is 0.340 e. The maximum atomic E-state index is 12.3. The first-order valence-electron chi connectivity index (χ1n) is 7.47. The minimum atomic E-state index is -0.160. The van der Waals surface area contributed by atoms with Gasteiger partial charge in [-0.25, -0.2) is 0 Å². The molecule has 0 saturated carbocycles. The molecule has 0 atom stereocenters. The van der Waals surface area contributed by atoms with E-state index >= 15 is 0 Å². The Balaban J connectivity index is 1.91. The van der Waals surface area contributed by atoms with Crippen molar-refractivity contribution in [1.82, 2.24) is 9.80 Å². The number of benzene rings is 1. The zero-order chi connectivity index (χ0) is 16.7. The number of carbonyl (C=O) groups excluding carboxylic acids is 2. The highest BCUT2D eigenvalue weighted by atomic mass is 79.9. The predicted molar refractivity (Wildman–Crippen MR) is 91.2 cm³/mol. The molecule has 23 heavy (non-hydrogen) atoms. The molecule has 6 heteroatoms. The van der Waals surface area contributed by atoms with Crippen LogP contribution in [0.3, 0.4) is 0 Å². The van der Waals surface area contributed by atoms with E-state index in [4.69, 9.17) is 5.26 Å². The van der Waals surface area contributed by atoms with Gasteiger partial charge in [0.15, 0.2) is 0 Å². The lowest BCUT2D eigenvalue weighted by atomic mass is 10.2. The van der Waals surface area contributed by atoms with Gasteiger partial charge in [-0.3, -0.25) is 9.59 Å². The number of hydrogen-bond donors (Lipinski definition) is 0. The molecule has 0 aromatic heterocycles. The summed E-state index contributed by atoms with van der Waals surface area (Å²) in [7, 11) is 0. The summed E-state index contributed by atoms with van der Waals surface area (Å²) in [6.45, 7) is 2.21. The van der Waals surface area contributed by atoms with E-state index in [0.29, 0.717) is 26.2 Å². The second-order valence-electron chi connectivity index (χ2n) is 5.28. The first-order chi connectivity index (χ1) is 11.1.